The molecule has 0 radical (unpaired) electrons. The van der Waals surface area contributed by atoms with E-state index in [2.05, 4.69) is 22.7 Å². The zero-order valence-corrected chi connectivity index (χ0v) is 10.9. The summed E-state index contributed by atoms with van der Waals surface area (Å²) in [5.41, 5.74) is 2.17. The smallest absolute Gasteiger partial charge is 0.220 e. The Morgan fingerprint density at radius 2 is 2.29 bits per heavy atom. The molecule has 0 unspecified atom stereocenters. The second-order valence-corrected chi connectivity index (χ2v) is 4.11. The number of rotatable bonds is 7. The fourth-order valence-electron chi connectivity index (χ4n) is 1.74. The summed E-state index contributed by atoms with van der Waals surface area (Å²) >= 11 is 0. The topological polar surface area (TPSA) is 59.0 Å². The lowest BCUT2D eigenvalue weighted by Crippen LogP contribution is -2.23. The Balaban J connectivity index is 2.36. The van der Waals surface area contributed by atoms with Gasteiger partial charge in [0.2, 0.25) is 5.91 Å². The molecule has 0 aliphatic rings. The van der Waals surface area contributed by atoms with Gasteiger partial charge in [0.15, 0.2) is 0 Å². The molecule has 0 saturated heterocycles. The van der Waals surface area contributed by atoms with Crippen LogP contribution in [0.1, 0.15) is 31.0 Å². The van der Waals surface area contributed by atoms with Crippen molar-refractivity contribution in [1.82, 2.24) is 20.4 Å². The van der Waals surface area contributed by atoms with Gasteiger partial charge < -0.3 is 10.6 Å². The molecule has 0 aliphatic carbocycles. The Morgan fingerprint density at radius 3 is 2.94 bits per heavy atom. The van der Waals surface area contributed by atoms with Crippen molar-refractivity contribution in [2.24, 2.45) is 7.05 Å². The summed E-state index contributed by atoms with van der Waals surface area (Å²) in [7, 11) is 3.79. The molecule has 0 saturated carbocycles. The van der Waals surface area contributed by atoms with Crippen LogP contribution >= 0.6 is 0 Å². The number of carbonyl (C=O) groups excluding carboxylic acids is 1. The van der Waals surface area contributed by atoms with Crippen molar-refractivity contribution in [2.75, 3.05) is 13.6 Å². The van der Waals surface area contributed by atoms with E-state index in [1.54, 1.807) is 4.68 Å². The van der Waals surface area contributed by atoms with E-state index in [9.17, 15) is 4.79 Å². The largest absolute Gasteiger partial charge is 0.352 e. The molecular formula is C12H22N4O. The molecule has 0 fully saturated rings. The van der Waals surface area contributed by atoms with Gasteiger partial charge in [0.05, 0.1) is 5.69 Å². The van der Waals surface area contributed by atoms with Gasteiger partial charge in [-0.15, -0.1) is 0 Å². The van der Waals surface area contributed by atoms with Crippen molar-refractivity contribution in [3.05, 3.63) is 17.5 Å². The number of aryl methyl sites for hydroxylation is 2. The Bertz CT molecular complexity index is 359. The molecule has 0 aliphatic heterocycles. The summed E-state index contributed by atoms with van der Waals surface area (Å²) in [6.07, 6.45) is 4.30. The predicted molar refractivity (Wildman–Crippen MR) is 67.6 cm³/mol. The van der Waals surface area contributed by atoms with Crippen LogP contribution in [-0.4, -0.2) is 29.3 Å². The van der Waals surface area contributed by atoms with Crippen LogP contribution in [0.4, 0.5) is 0 Å². The lowest BCUT2D eigenvalue weighted by Gasteiger charge is -2.04. The van der Waals surface area contributed by atoms with Crippen LogP contribution in [0.2, 0.25) is 0 Å². The molecule has 1 heterocycles. The zero-order chi connectivity index (χ0) is 12.7. The van der Waals surface area contributed by atoms with Crippen molar-refractivity contribution in [1.29, 1.82) is 0 Å². The Labute approximate surface area is 103 Å². The molecule has 5 nitrogen and oxygen atoms in total. The predicted octanol–water partition coefficient (Wildman–Crippen LogP) is 0.598. The molecule has 1 aromatic rings. The summed E-state index contributed by atoms with van der Waals surface area (Å²) < 4.78 is 1.79. The maximum Gasteiger partial charge on any atom is 0.220 e. The van der Waals surface area contributed by atoms with Crippen LogP contribution in [0, 0.1) is 0 Å². The van der Waals surface area contributed by atoms with Crippen LogP contribution in [0.15, 0.2) is 6.20 Å². The number of hydrogen-bond acceptors (Lipinski definition) is 3. The Morgan fingerprint density at radius 1 is 1.53 bits per heavy atom. The van der Waals surface area contributed by atoms with E-state index in [-0.39, 0.29) is 5.91 Å². The Hall–Kier alpha value is -1.36. The molecule has 0 bridgehead atoms. The minimum atomic E-state index is 0.103. The fourth-order valence-corrected chi connectivity index (χ4v) is 1.74. The number of amides is 1. The van der Waals surface area contributed by atoms with Crippen LogP contribution in [-0.2, 0) is 24.8 Å². The number of hydrogen-bond donors (Lipinski definition) is 2. The van der Waals surface area contributed by atoms with Gasteiger partial charge in [0.25, 0.3) is 0 Å². The standard InChI is InChI=1S/C12H22N4O/c1-4-11-10(9-16(3)15-11)8-14-12(17)6-5-7-13-2/h9,13H,4-8H2,1-3H3,(H,14,17). The third-order valence-electron chi connectivity index (χ3n) is 2.63. The number of aromatic nitrogens is 2. The van der Waals surface area contributed by atoms with E-state index in [1.807, 2.05) is 20.3 Å². The van der Waals surface area contributed by atoms with E-state index in [0.717, 1.165) is 30.6 Å². The van der Waals surface area contributed by atoms with E-state index >= 15 is 0 Å². The molecule has 1 amide bonds. The third kappa shape index (κ3) is 4.56. The third-order valence-corrected chi connectivity index (χ3v) is 2.63. The summed E-state index contributed by atoms with van der Waals surface area (Å²) in [5, 5.41) is 10.3. The maximum atomic E-state index is 11.5. The minimum Gasteiger partial charge on any atom is -0.352 e. The lowest BCUT2D eigenvalue weighted by atomic mass is 10.2. The number of nitrogens with one attached hydrogen (secondary N) is 2. The van der Waals surface area contributed by atoms with E-state index in [0.29, 0.717) is 13.0 Å². The summed E-state index contributed by atoms with van der Waals surface area (Å²) in [6.45, 7) is 3.52. The van der Waals surface area contributed by atoms with Crippen LogP contribution in [0.3, 0.4) is 0 Å². The van der Waals surface area contributed by atoms with Gasteiger partial charge in [-0.05, 0) is 26.4 Å². The highest BCUT2D eigenvalue weighted by Gasteiger charge is 2.07. The normalized spacial score (nSPS) is 10.5. The van der Waals surface area contributed by atoms with E-state index < -0.39 is 0 Å². The highest BCUT2D eigenvalue weighted by atomic mass is 16.1. The van der Waals surface area contributed by atoms with Gasteiger partial charge in [-0.2, -0.15) is 5.10 Å². The van der Waals surface area contributed by atoms with Gasteiger partial charge in [-0.1, -0.05) is 6.92 Å². The lowest BCUT2D eigenvalue weighted by molar-refractivity contribution is -0.121. The number of nitrogens with zero attached hydrogens (tertiary/aromatic N) is 2. The van der Waals surface area contributed by atoms with Crippen molar-refractivity contribution < 1.29 is 4.79 Å². The second kappa shape index (κ2) is 7.06. The second-order valence-electron chi connectivity index (χ2n) is 4.11. The molecule has 0 atom stereocenters. The summed E-state index contributed by atoms with van der Waals surface area (Å²) in [5.74, 6) is 0.103. The molecule has 2 N–H and O–H groups in total. The van der Waals surface area contributed by atoms with Crippen molar-refractivity contribution in [3.8, 4) is 0 Å². The molecule has 5 heteroatoms. The average Bonchev–Trinajstić information content (AvgIpc) is 2.67. The first kappa shape index (κ1) is 13.7. The first-order valence-corrected chi connectivity index (χ1v) is 6.10. The molecule has 0 aromatic carbocycles. The van der Waals surface area contributed by atoms with Crippen LogP contribution in [0.25, 0.3) is 0 Å². The fraction of sp³-hybridized carbons (Fsp3) is 0.667. The first-order valence-electron chi connectivity index (χ1n) is 6.10. The highest BCUT2D eigenvalue weighted by molar-refractivity contribution is 5.75. The van der Waals surface area contributed by atoms with E-state index in [4.69, 9.17) is 0 Å². The molecular weight excluding hydrogens is 216 g/mol. The van der Waals surface area contributed by atoms with Gasteiger partial charge in [-0.3, -0.25) is 9.48 Å². The quantitative estimate of drug-likeness (QED) is 0.684. The van der Waals surface area contributed by atoms with Crippen molar-refractivity contribution in [2.45, 2.75) is 32.7 Å². The Kier molecular flexibility index (Phi) is 5.69. The molecule has 1 aromatic heterocycles. The average molecular weight is 238 g/mol. The first-order chi connectivity index (χ1) is 8.17. The SMILES string of the molecule is CCc1nn(C)cc1CNC(=O)CCCNC. The molecule has 96 valence electrons. The molecule has 1 rings (SSSR count). The van der Waals surface area contributed by atoms with Gasteiger partial charge in [0, 0.05) is 31.8 Å². The van der Waals surface area contributed by atoms with Gasteiger partial charge >= 0.3 is 0 Å². The van der Waals surface area contributed by atoms with Gasteiger partial charge in [0.1, 0.15) is 0 Å². The van der Waals surface area contributed by atoms with Crippen molar-refractivity contribution >= 4 is 5.91 Å². The zero-order valence-electron chi connectivity index (χ0n) is 10.9. The van der Waals surface area contributed by atoms with Crippen LogP contribution in [0.5, 0.6) is 0 Å². The maximum absolute atomic E-state index is 11.5. The van der Waals surface area contributed by atoms with Crippen molar-refractivity contribution in [3.63, 3.8) is 0 Å². The summed E-state index contributed by atoms with van der Waals surface area (Å²) in [4.78, 5) is 11.5. The van der Waals surface area contributed by atoms with Crippen LogP contribution < -0.4 is 10.6 Å². The van der Waals surface area contributed by atoms with E-state index in [1.165, 1.54) is 0 Å². The molecule has 0 spiro atoms. The summed E-state index contributed by atoms with van der Waals surface area (Å²) in [6, 6.07) is 0. The minimum absolute atomic E-state index is 0.103. The van der Waals surface area contributed by atoms with Gasteiger partial charge in [-0.25, -0.2) is 0 Å². The molecule has 17 heavy (non-hydrogen) atoms. The number of carbonyl (C=O) groups is 1. The highest BCUT2D eigenvalue weighted by Crippen LogP contribution is 2.06. The monoisotopic (exact) mass is 238 g/mol.